The van der Waals surface area contributed by atoms with E-state index in [4.69, 9.17) is 12.2 Å². The molecule has 0 heterocycles. The Balaban J connectivity index is 2.10. The molecule has 2 aromatic rings. The highest BCUT2D eigenvalue weighted by molar-refractivity contribution is 7.80. The molecule has 0 spiro atoms. The summed E-state index contributed by atoms with van der Waals surface area (Å²) in [6, 6.07) is 13.0. The van der Waals surface area contributed by atoms with Crippen LogP contribution in [0.5, 0.6) is 0 Å². The van der Waals surface area contributed by atoms with Crippen molar-refractivity contribution in [2.45, 2.75) is 26.7 Å². The Morgan fingerprint density at radius 1 is 1.10 bits per heavy atom. The third kappa shape index (κ3) is 4.02. The van der Waals surface area contributed by atoms with Crippen molar-refractivity contribution in [2.75, 3.05) is 10.6 Å². The lowest BCUT2D eigenvalue weighted by molar-refractivity contribution is 0.619. The molecule has 0 bridgehead atoms. The van der Waals surface area contributed by atoms with Gasteiger partial charge in [0.2, 0.25) is 0 Å². The minimum atomic E-state index is -0.245. The van der Waals surface area contributed by atoms with Crippen molar-refractivity contribution in [1.82, 2.24) is 0 Å². The second kappa shape index (κ2) is 6.68. The van der Waals surface area contributed by atoms with Gasteiger partial charge >= 0.3 is 0 Å². The summed E-state index contributed by atoms with van der Waals surface area (Å²) in [6.45, 7) is 5.99. The molecule has 0 saturated heterocycles. The number of halogens is 1. The maximum atomic E-state index is 13.5. The fraction of sp³-hybridized carbons (Fsp3) is 0.235. The van der Waals surface area contributed by atoms with Gasteiger partial charge in [0.05, 0.1) is 0 Å². The molecule has 0 amide bonds. The first-order valence-electron chi connectivity index (χ1n) is 6.90. The van der Waals surface area contributed by atoms with Crippen molar-refractivity contribution in [3.05, 3.63) is 59.4 Å². The molecule has 0 fully saturated rings. The summed E-state index contributed by atoms with van der Waals surface area (Å²) < 4.78 is 13.5. The van der Waals surface area contributed by atoms with Crippen LogP contribution in [0.4, 0.5) is 15.8 Å². The molecular weight excluding hydrogens is 283 g/mol. The highest BCUT2D eigenvalue weighted by atomic mass is 32.1. The molecule has 0 radical (unpaired) electrons. The molecule has 0 unspecified atom stereocenters. The van der Waals surface area contributed by atoms with E-state index >= 15 is 0 Å². The molecule has 2 N–H and O–H groups in total. The Bertz CT molecular complexity index is 653. The molecule has 4 heteroatoms. The SMILES string of the molecule is Cc1ccc(NC(=S)Nc2ccccc2C(C)C)cc1F. The minimum Gasteiger partial charge on any atom is -0.332 e. The van der Waals surface area contributed by atoms with E-state index in [1.54, 1.807) is 19.1 Å². The van der Waals surface area contributed by atoms with Gasteiger partial charge in [0.1, 0.15) is 5.82 Å². The number of para-hydroxylation sites is 1. The topological polar surface area (TPSA) is 24.1 Å². The largest absolute Gasteiger partial charge is 0.332 e. The second-order valence-electron chi connectivity index (χ2n) is 5.29. The van der Waals surface area contributed by atoms with Crippen LogP contribution < -0.4 is 10.6 Å². The number of hydrogen-bond acceptors (Lipinski definition) is 1. The highest BCUT2D eigenvalue weighted by Gasteiger charge is 2.07. The fourth-order valence-electron chi connectivity index (χ4n) is 2.07. The second-order valence-corrected chi connectivity index (χ2v) is 5.69. The van der Waals surface area contributed by atoms with E-state index in [1.165, 1.54) is 11.6 Å². The quantitative estimate of drug-likeness (QED) is 0.774. The van der Waals surface area contributed by atoms with Gasteiger partial charge in [-0.3, -0.25) is 0 Å². The van der Waals surface area contributed by atoms with Gasteiger partial charge in [-0.2, -0.15) is 0 Å². The fourth-order valence-corrected chi connectivity index (χ4v) is 2.30. The minimum absolute atomic E-state index is 0.245. The average Bonchev–Trinajstić information content (AvgIpc) is 2.43. The standard InChI is InChI=1S/C17H19FN2S/c1-11(2)14-6-4-5-7-16(14)20-17(21)19-13-9-8-12(3)15(18)10-13/h4-11H,1-3H3,(H2,19,20,21). The van der Waals surface area contributed by atoms with E-state index < -0.39 is 0 Å². The zero-order valence-electron chi connectivity index (χ0n) is 12.4. The Hall–Kier alpha value is -1.94. The maximum Gasteiger partial charge on any atom is 0.175 e. The van der Waals surface area contributed by atoms with Crippen LogP contribution in [0.25, 0.3) is 0 Å². The number of nitrogens with one attached hydrogen (secondary N) is 2. The number of anilines is 2. The van der Waals surface area contributed by atoms with Crippen molar-refractivity contribution in [3.63, 3.8) is 0 Å². The predicted octanol–water partition coefficient (Wildman–Crippen LogP) is 5.07. The summed E-state index contributed by atoms with van der Waals surface area (Å²) in [6.07, 6.45) is 0. The van der Waals surface area contributed by atoms with E-state index in [2.05, 4.69) is 30.5 Å². The summed E-state index contributed by atoms with van der Waals surface area (Å²) in [5, 5.41) is 6.63. The van der Waals surface area contributed by atoms with E-state index in [9.17, 15) is 4.39 Å². The molecule has 2 rings (SSSR count). The zero-order valence-corrected chi connectivity index (χ0v) is 13.2. The third-order valence-electron chi connectivity index (χ3n) is 3.26. The molecule has 0 atom stereocenters. The lowest BCUT2D eigenvalue weighted by Crippen LogP contribution is -2.20. The molecular formula is C17H19FN2S. The van der Waals surface area contributed by atoms with Gasteiger partial charge in [0.25, 0.3) is 0 Å². The summed E-state index contributed by atoms with van der Waals surface area (Å²) in [5.41, 5.74) is 3.41. The first kappa shape index (κ1) is 15.4. The number of rotatable bonds is 3. The van der Waals surface area contributed by atoms with Crippen LogP contribution in [0.1, 0.15) is 30.9 Å². The first-order chi connectivity index (χ1) is 9.97. The van der Waals surface area contributed by atoms with Crippen LogP contribution >= 0.6 is 12.2 Å². The normalized spacial score (nSPS) is 10.5. The first-order valence-corrected chi connectivity index (χ1v) is 7.31. The Morgan fingerprint density at radius 2 is 1.81 bits per heavy atom. The number of hydrogen-bond donors (Lipinski definition) is 2. The van der Waals surface area contributed by atoms with Gasteiger partial charge in [0, 0.05) is 11.4 Å². The van der Waals surface area contributed by atoms with E-state index in [-0.39, 0.29) is 5.82 Å². The van der Waals surface area contributed by atoms with Gasteiger partial charge in [-0.1, -0.05) is 38.1 Å². The Morgan fingerprint density at radius 3 is 2.48 bits per heavy atom. The number of benzene rings is 2. The molecule has 2 aromatic carbocycles. The van der Waals surface area contributed by atoms with Crippen molar-refractivity contribution >= 4 is 28.7 Å². The lowest BCUT2D eigenvalue weighted by Gasteiger charge is -2.16. The van der Waals surface area contributed by atoms with Crippen LogP contribution in [0.2, 0.25) is 0 Å². The molecule has 21 heavy (non-hydrogen) atoms. The van der Waals surface area contributed by atoms with Crippen LogP contribution in [0.15, 0.2) is 42.5 Å². The third-order valence-corrected chi connectivity index (χ3v) is 3.46. The van der Waals surface area contributed by atoms with Gasteiger partial charge in [-0.05, 0) is 54.4 Å². The van der Waals surface area contributed by atoms with Crippen LogP contribution in [-0.4, -0.2) is 5.11 Å². The molecule has 0 aromatic heterocycles. The van der Waals surface area contributed by atoms with Crippen molar-refractivity contribution in [2.24, 2.45) is 0 Å². The molecule has 2 nitrogen and oxygen atoms in total. The Kier molecular flexibility index (Phi) is 4.91. The smallest absolute Gasteiger partial charge is 0.175 e. The molecule has 0 aliphatic carbocycles. The average molecular weight is 302 g/mol. The van der Waals surface area contributed by atoms with Gasteiger partial charge in [0.15, 0.2) is 5.11 Å². The van der Waals surface area contributed by atoms with E-state index in [0.717, 1.165) is 5.69 Å². The molecule has 0 aliphatic heterocycles. The summed E-state index contributed by atoms with van der Waals surface area (Å²) >= 11 is 5.30. The molecule has 0 aliphatic rings. The Labute approximate surface area is 130 Å². The predicted molar refractivity (Wildman–Crippen MR) is 91.5 cm³/mol. The van der Waals surface area contributed by atoms with Crippen LogP contribution in [0, 0.1) is 12.7 Å². The van der Waals surface area contributed by atoms with E-state index in [1.807, 2.05) is 18.2 Å². The van der Waals surface area contributed by atoms with Gasteiger partial charge in [-0.25, -0.2) is 4.39 Å². The monoisotopic (exact) mass is 302 g/mol. The van der Waals surface area contributed by atoms with Gasteiger partial charge < -0.3 is 10.6 Å². The molecule has 0 saturated carbocycles. The number of thiocarbonyl (C=S) groups is 1. The summed E-state index contributed by atoms with van der Waals surface area (Å²) in [5.74, 6) is 0.152. The zero-order chi connectivity index (χ0) is 15.4. The lowest BCUT2D eigenvalue weighted by atomic mass is 10.0. The van der Waals surface area contributed by atoms with Gasteiger partial charge in [-0.15, -0.1) is 0 Å². The highest BCUT2D eigenvalue weighted by Crippen LogP contribution is 2.24. The summed E-state index contributed by atoms with van der Waals surface area (Å²) in [4.78, 5) is 0. The van der Waals surface area contributed by atoms with Crippen molar-refractivity contribution in [3.8, 4) is 0 Å². The maximum absolute atomic E-state index is 13.5. The molecule has 110 valence electrons. The van der Waals surface area contributed by atoms with E-state index in [0.29, 0.717) is 22.3 Å². The number of aryl methyl sites for hydroxylation is 1. The van der Waals surface area contributed by atoms with Crippen molar-refractivity contribution < 1.29 is 4.39 Å². The summed E-state index contributed by atoms with van der Waals surface area (Å²) in [7, 11) is 0. The van der Waals surface area contributed by atoms with Crippen LogP contribution in [-0.2, 0) is 0 Å². The van der Waals surface area contributed by atoms with Crippen molar-refractivity contribution in [1.29, 1.82) is 0 Å². The van der Waals surface area contributed by atoms with Crippen LogP contribution in [0.3, 0.4) is 0 Å².